The molecule has 1 saturated heterocycles. The summed E-state index contributed by atoms with van der Waals surface area (Å²) in [6.07, 6.45) is 9.03. The first kappa shape index (κ1) is 24.4. The number of nitrogens with one attached hydrogen (secondary N) is 1. The van der Waals surface area contributed by atoms with E-state index in [4.69, 9.17) is 4.74 Å². The maximum atomic E-state index is 14.3. The Hall–Kier alpha value is -3.31. The summed E-state index contributed by atoms with van der Waals surface area (Å²) < 4.78 is 61.7. The van der Waals surface area contributed by atoms with E-state index < -0.39 is 21.7 Å². The Kier molecular flexibility index (Phi) is 6.52. The number of halogens is 2. The minimum Gasteiger partial charge on any atom is -0.493 e. The summed E-state index contributed by atoms with van der Waals surface area (Å²) in [4.78, 5) is 7.54. The quantitative estimate of drug-likeness (QED) is 0.383. The van der Waals surface area contributed by atoms with Crippen LogP contribution in [-0.4, -0.2) is 58.4 Å². The van der Waals surface area contributed by atoms with Crippen LogP contribution in [0.25, 0.3) is 33.3 Å². The summed E-state index contributed by atoms with van der Waals surface area (Å²) in [5.74, 6) is -1.34. The van der Waals surface area contributed by atoms with Gasteiger partial charge < -0.3 is 9.72 Å². The average molecular weight is 516 g/mol. The van der Waals surface area contributed by atoms with Gasteiger partial charge in [0.15, 0.2) is 11.6 Å². The van der Waals surface area contributed by atoms with Crippen LogP contribution in [0, 0.1) is 11.6 Å². The van der Waals surface area contributed by atoms with Gasteiger partial charge in [0.1, 0.15) is 11.5 Å². The maximum absolute atomic E-state index is 14.3. The number of hydrogen-bond donors (Lipinski definition) is 1. The predicted octanol–water partition coefficient (Wildman–Crippen LogP) is 4.76. The second-order valence-corrected chi connectivity index (χ2v) is 11.0. The number of aromatic nitrogens is 4. The molecule has 4 aromatic rings. The van der Waals surface area contributed by atoms with Crippen molar-refractivity contribution >= 4 is 21.1 Å². The highest BCUT2D eigenvalue weighted by atomic mass is 32.2. The van der Waals surface area contributed by atoms with Crippen molar-refractivity contribution in [3.63, 3.8) is 0 Å². The second-order valence-electron chi connectivity index (χ2n) is 8.95. The van der Waals surface area contributed by atoms with E-state index in [9.17, 15) is 17.2 Å². The molecule has 1 aliphatic heterocycles. The third kappa shape index (κ3) is 4.48. The van der Waals surface area contributed by atoms with E-state index in [0.29, 0.717) is 54.5 Å². The molecule has 3 aromatic heterocycles. The van der Waals surface area contributed by atoms with Gasteiger partial charge in [-0.2, -0.15) is 5.10 Å². The van der Waals surface area contributed by atoms with Gasteiger partial charge in [-0.15, -0.1) is 0 Å². The van der Waals surface area contributed by atoms with Gasteiger partial charge in [-0.3, -0.25) is 4.68 Å². The third-order valence-corrected chi connectivity index (χ3v) is 8.70. The highest BCUT2D eigenvalue weighted by molar-refractivity contribution is 7.89. The number of hydrogen-bond acceptors (Lipinski definition) is 5. The van der Waals surface area contributed by atoms with E-state index in [1.165, 1.54) is 13.2 Å². The highest BCUT2D eigenvalue weighted by Gasteiger charge is 2.28. The predicted molar refractivity (Wildman–Crippen MR) is 133 cm³/mol. The lowest BCUT2D eigenvalue weighted by atomic mass is 10.0. The molecule has 5 rings (SSSR count). The maximum Gasteiger partial charge on any atom is 0.214 e. The van der Waals surface area contributed by atoms with Crippen LogP contribution in [0.15, 0.2) is 43.0 Å². The molecular weight excluding hydrogens is 488 g/mol. The Bertz CT molecular complexity index is 1510. The smallest absolute Gasteiger partial charge is 0.214 e. The number of pyridine rings is 1. The summed E-state index contributed by atoms with van der Waals surface area (Å²) in [7, 11) is -1.85. The van der Waals surface area contributed by atoms with E-state index >= 15 is 0 Å². The summed E-state index contributed by atoms with van der Waals surface area (Å²) in [5.41, 5.74) is 3.08. The molecule has 11 heteroatoms. The molecule has 1 aromatic carbocycles. The number of H-pyrrole nitrogens is 1. The third-order valence-electron chi connectivity index (χ3n) is 6.62. The number of methoxy groups -OCH3 is 1. The number of ether oxygens (including phenoxy) is 1. The fourth-order valence-corrected chi connectivity index (χ4v) is 6.35. The van der Waals surface area contributed by atoms with E-state index in [1.807, 2.05) is 23.9 Å². The van der Waals surface area contributed by atoms with Gasteiger partial charge in [-0.1, -0.05) is 6.92 Å². The van der Waals surface area contributed by atoms with Gasteiger partial charge in [0.25, 0.3) is 0 Å². The lowest BCUT2D eigenvalue weighted by Crippen LogP contribution is -2.40. The van der Waals surface area contributed by atoms with Gasteiger partial charge in [0.2, 0.25) is 10.0 Å². The summed E-state index contributed by atoms with van der Waals surface area (Å²) in [6.45, 7) is 2.83. The molecular formula is C25H27F2N5O3S. The van der Waals surface area contributed by atoms with E-state index in [1.54, 1.807) is 22.9 Å². The molecule has 0 radical (unpaired) electrons. The summed E-state index contributed by atoms with van der Waals surface area (Å²) in [5, 5.41) is 5.23. The van der Waals surface area contributed by atoms with Crippen LogP contribution < -0.4 is 4.74 Å². The van der Waals surface area contributed by atoms with Crippen LogP contribution in [0.2, 0.25) is 0 Å². The van der Waals surface area contributed by atoms with Crippen LogP contribution in [-0.2, 0) is 10.0 Å². The van der Waals surface area contributed by atoms with Crippen molar-refractivity contribution in [1.29, 1.82) is 0 Å². The number of rotatable bonds is 7. The van der Waals surface area contributed by atoms with Gasteiger partial charge in [-0.25, -0.2) is 26.5 Å². The average Bonchev–Trinajstić information content (AvgIpc) is 3.51. The molecule has 4 heterocycles. The molecule has 36 heavy (non-hydrogen) atoms. The summed E-state index contributed by atoms with van der Waals surface area (Å²) in [6, 6.07) is 4.03. The fraction of sp³-hybridized carbons (Fsp3) is 0.360. The number of nitrogens with zero attached hydrogens (tertiary/aromatic N) is 4. The van der Waals surface area contributed by atoms with E-state index in [2.05, 4.69) is 15.1 Å². The summed E-state index contributed by atoms with van der Waals surface area (Å²) >= 11 is 0. The van der Waals surface area contributed by atoms with Crippen molar-refractivity contribution in [2.45, 2.75) is 32.2 Å². The van der Waals surface area contributed by atoms with E-state index in [-0.39, 0.29) is 17.5 Å². The monoisotopic (exact) mass is 515 g/mol. The van der Waals surface area contributed by atoms with Crippen LogP contribution >= 0.6 is 0 Å². The Morgan fingerprint density at radius 3 is 2.61 bits per heavy atom. The van der Waals surface area contributed by atoms with Crippen molar-refractivity contribution in [2.24, 2.45) is 0 Å². The lowest BCUT2D eigenvalue weighted by molar-refractivity contribution is 0.261. The van der Waals surface area contributed by atoms with Gasteiger partial charge in [0.05, 0.1) is 25.1 Å². The molecule has 0 atom stereocenters. The molecule has 0 amide bonds. The first-order valence-corrected chi connectivity index (χ1v) is 13.4. The minimum atomic E-state index is -3.19. The molecule has 0 saturated carbocycles. The highest BCUT2D eigenvalue weighted by Crippen LogP contribution is 2.38. The van der Waals surface area contributed by atoms with Gasteiger partial charge in [0, 0.05) is 65.4 Å². The molecule has 1 fully saturated rings. The number of aromatic amines is 1. The Morgan fingerprint density at radius 1 is 1.11 bits per heavy atom. The molecule has 0 unspecified atom stereocenters. The van der Waals surface area contributed by atoms with Crippen LogP contribution in [0.3, 0.4) is 0 Å². The topological polar surface area (TPSA) is 93.1 Å². The molecule has 0 bridgehead atoms. The molecule has 190 valence electrons. The molecule has 8 nitrogen and oxygen atoms in total. The number of benzene rings is 1. The normalized spacial score (nSPS) is 15.6. The van der Waals surface area contributed by atoms with Gasteiger partial charge in [-0.05, 0) is 31.4 Å². The first-order valence-electron chi connectivity index (χ1n) is 11.8. The Labute approximate surface area is 208 Å². The molecule has 1 aliphatic rings. The zero-order valence-corrected chi connectivity index (χ0v) is 20.9. The zero-order chi connectivity index (χ0) is 25.4. The standard InChI is InChI=1S/C25H27F2N5O3S/c1-3-8-36(33,34)31-6-4-19(5-7-31)32-15-17(13-30-32)16-9-21-22(14-29-25(21)28-12-16)20-10-18(26)11-23(27)24(20)35-2/h9-15,19H,3-8H2,1-2H3,(H,28,29). The zero-order valence-electron chi connectivity index (χ0n) is 20.0. The lowest BCUT2D eigenvalue weighted by Gasteiger charge is -2.31. The number of piperidine rings is 1. The molecule has 0 spiro atoms. The van der Waals surface area contributed by atoms with Gasteiger partial charge >= 0.3 is 0 Å². The van der Waals surface area contributed by atoms with Crippen molar-refractivity contribution < 1.29 is 21.9 Å². The Balaban J connectivity index is 1.41. The van der Waals surface area contributed by atoms with Crippen molar-refractivity contribution in [1.82, 2.24) is 24.1 Å². The molecule has 1 N–H and O–H groups in total. The second kappa shape index (κ2) is 9.62. The van der Waals surface area contributed by atoms with E-state index in [0.717, 1.165) is 17.2 Å². The fourth-order valence-electron chi connectivity index (χ4n) is 4.81. The number of sulfonamides is 1. The van der Waals surface area contributed by atoms with Crippen molar-refractivity contribution in [3.05, 3.63) is 54.6 Å². The minimum absolute atomic E-state index is 0.0391. The first-order chi connectivity index (χ1) is 17.3. The van der Waals surface area contributed by atoms with Crippen LogP contribution in [0.4, 0.5) is 8.78 Å². The number of fused-ring (bicyclic) bond motifs is 1. The Morgan fingerprint density at radius 2 is 1.89 bits per heavy atom. The van der Waals surface area contributed by atoms with Crippen molar-refractivity contribution in [3.8, 4) is 28.0 Å². The molecule has 0 aliphatic carbocycles. The SMILES string of the molecule is CCCS(=O)(=O)N1CCC(n2cc(-c3cnc4[nH]cc(-c5cc(F)cc(F)c5OC)c4c3)cn2)CC1. The van der Waals surface area contributed by atoms with Crippen molar-refractivity contribution in [2.75, 3.05) is 26.0 Å². The largest absolute Gasteiger partial charge is 0.493 e. The van der Waals surface area contributed by atoms with Crippen LogP contribution in [0.5, 0.6) is 5.75 Å². The van der Waals surface area contributed by atoms with Crippen LogP contribution in [0.1, 0.15) is 32.2 Å².